The van der Waals surface area contributed by atoms with Crippen LogP contribution in [-0.2, 0) is 21.4 Å². The number of aryl methyl sites for hydroxylation is 1. The number of amides is 1. The van der Waals surface area contributed by atoms with Crippen molar-refractivity contribution in [3.63, 3.8) is 0 Å². The van der Waals surface area contributed by atoms with Crippen molar-refractivity contribution >= 4 is 32.7 Å². The second kappa shape index (κ2) is 8.87. The van der Waals surface area contributed by atoms with Crippen LogP contribution in [0.2, 0.25) is 0 Å². The maximum Gasteiger partial charge on any atom is 0.420 e. The van der Waals surface area contributed by atoms with E-state index < -0.39 is 27.5 Å². The lowest BCUT2D eigenvalue weighted by Gasteiger charge is -2.19. The zero-order valence-electron chi connectivity index (χ0n) is 17.6. The topological polar surface area (TPSA) is 102 Å². The molecule has 1 aliphatic rings. The highest BCUT2D eigenvalue weighted by molar-refractivity contribution is 7.89. The molecule has 1 N–H and O–H groups in total. The van der Waals surface area contributed by atoms with Crippen molar-refractivity contribution in [1.29, 1.82) is 0 Å². The maximum absolute atomic E-state index is 13.7. The number of nitrogens with one attached hydrogen (secondary N) is 1. The third-order valence-corrected chi connectivity index (χ3v) is 7.49. The Morgan fingerprint density at radius 1 is 1.09 bits per heavy atom. The highest BCUT2D eigenvalue weighted by Crippen LogP contribution is 2.24. The molecule has 0 bridgehead atoms. The number of anilines is 1. The minimum Gasteiger partial charge on any atom is -0.408 e. The molecule has 10 heteroatoms. The number of aromatic nitrogens is 1. The lowest BCUT2D eigenvalue weighted by molar-refractivity contribution is -0.116. The average molecular weight is 462 g/mol. The van der Waals surface area contributed by atoms with E-state index in [4.69, 9.17) is 4.42 Å². The van der Waals surface area contributed by atoms with Crippen molar-refractivity contribution in [3.05, 3.63) is 58.3 Å². The van der Waals surface area contributed by atoms with Gasteiger partial charge in [-0.05, 0) is 49.6 Å². The fraction of sp³-hybridized carbons (Fsp3) is 0.364. The van der Waals surface area contributed by atoms with Gasteiger partial charge in [0, 0.05) is 24.8 Å². The van der Waals surface area contributed by atoms with E-state index in [0.717, 1.165) is 30.3 Å². The summed E-state index contributed by atoms with van der Waals surface area (Å²) in [5.74, 6) is -1.78. The van der Waals surface area contributed by atoms with Gasteiger partial charge in [0.05, 0.1) is 10.4 Å². The molecule has 1 saturated heterocycles. The van der Waals surface area contributed by atoms with Gasteiger partial charge in [-0.2, -0.15) is 4.31 Å². The summed E-state index contributed by atoms with van der Waals surface area (Å²) in [5.41, 5.74) is 1.10. The second-order valence-corrected chi connectivity index (χ2v) is 9.85. The normalized spacial score (nSPS) is 15.6. The number of carbonyl (C=O) groups is 1. The van der Waals surface area contributed by atoms with Crippen molar-refractivity contribution in [2.24, 2.45) is 0 Å². The molecule has 0 spiro atoms. The van der Waals surface area contributed by atoms with E-state index in [9.17, 15) is 22.4 Å². The molecular formula is C22H24FN3O5S. The molecule has 2 heterocycles. The van der Waals surface area contributed by atoms with Gasteiger partial charge in [0.25, 0.3) is 0 Å². The van der Waals surface area contributed by atoms with E-state index in [0.29, 0.717) is 24.2 Å². The molecule has 0 unspecified atom stereocenters. The lowest BCUT2D eigenvalue weighted by Crippen LogP contribution is -2.31. The Balaban J connectivity index is 1.57. The molecule has 1 amide bonds. The number of hydrogen-bond acceptors (Lipinski definition) is 5. The first-order chi connectivity index (χ1) is 15.3. The smallest absolute Gasteiger partial charge is 0.408 e. The van der Waals surface area contributed by atoms with E-state index in [1.807, 2.05) is 0 Å². The fourth-order valence-electron chi connectivity index (χ4n) is 3.80. The van der Waals surface area contributed by atoms with Crippen LogP contribution in [0, 0.1) is 12.7 Å². The van der Waals surface area contributed by atoms with Gasteiger partial charge in [0.1, 0.15) is 12.4 Å². The zero-order valence-corrected chi connectivity index (χ0v) is 18.5. The monoisotopic (exact) mass is 461 g/mol. The fourth-order valence-corrected chi connectivity index (χ4v) is 5.34. The summed E-state index contributed by atoms with van der Waals surface area (Å²) in [4.78, 5) is 24.8. The van der Waals surface area contributed by atoms with E-state index >= 15 is 0 Å². The summed E-state index contributed by atoms with van der Waals surface area (Å²) < 4.78 is 47.5. The standard InChI is InChI=1S/C22H24FN3O5S/c1-15-6-7-16(12-18(15)23)24-21(27)14-26-19-9-8-17(13-20(19)31-22(26)28)32(29,30)25-10-4-2-3-5-11-25/h6-9,12-13H,2-5,10-11,14H2,1H3,(H,24,27). The predicted octanol–water partition coefficient (Wildman–Crippen LogP) is 3.25. The molecular weight excluding hydrogens is 437 g/mol. The molecule has 170 valence electrons. The summed E-state index contributed by atoms with van der Waals surface area (Å²) in [7, 11) is -3.70. The van der Waals surface area contributed by atoms with Crippen LogP contribution in [0.5, 0.6) is 0 Å². The third-order valence-electron chi connectivity index (χ3n) is 5.60. The van der Waals surface area contributed by atoms with Gasteiger partial charge in [-0.1, -0.05) is 18.9 Å². The van der Waals surface area contributed by atoms with Gasteiger partial charge in [-0.3, -0.25) is 9.36 Å². The molecule has 1 fully saturated rings. The van der Waals surface area contributed by atoms with Crippen LogP contribution in [0.3, 0.4) is 0 Å². The van der Waals surface area contributed by atoms with E-state index in [2.05, 4.69) is 5.32 Å². The molecule has 8 nitrogen and oxygen atoms in total. The Hall–Kier alpha value is -2.98. The summed E-state index contributed by atoms with van der Waals surface area (Å²) in [6.45, 7) is 2.18. The highest BCUT2D eigenvalue weighted by Gasteiger charge is 2.26. The van der Waals surface area contributed by atoms with E-state index in [1.165, 1.54) is 34.6 Å². The lowest BCUT2D eigenvalue weighted by atomic mass is 10.2. The minimum atomic E-state index is -3.70. The summed E-state index contributed by atoms with van der Waals surface area (Å²) in [6, 6.07) is 8.50. The van der Waals surface area contributed by atoms with Crippen molar-refractivity contribution in [2.45, 2.75) is 44.0 Å². The summed E-state index contributed by atoms with van der Waals surface area (Å²) in [5, 5.41) is 2.54. The molecule has 1 aromatic heterocycles. The largest absolute Gasteiger partial charge is 0.420 e. The van der Waals surface area contributed by atoms with Crippen LogP contribution in [0.4, 0.5) is 10.1 Å². The van der Waals surface area contributed by atoms with Gasteiger partial charge >= 0.3 is 5.76 Å². The van der Waals surface area contributed by atoms with Gasteiger partial charge in [0.15, 0.2) is 5.58 Å². The maximum atomic E-state index is 13.7. The minimum absolute atomic E-state index is 0.0485. The molecule has 1 aliphatic heterocycles. The van der Waals surface area contributed by atoms with Crippen LogP contribution >= 0.6 is 0 Å². The Morgan fingerprint density at radius 3 is 2.50 bits per heavy atom. The number of halogens is 1. The first-order valence-electron chi connectivity index (χ1n) is 10.5. The first kappa shape index (κ1) is 22.2. The Labute approximate surface area is 184 Å². The van der Waals surface area contributed by atoms with Crippen molar-refractivity contribution < 1.29 is 22.0 Å². The molecule has 0 atom stereocenters. The molecule has 4 rings (SSSR count). The molecule has 2 aromatic carbocycles. The van der Waals surface area contributed by atoms with Gasteiger partial charge in [-0.15, -0.1) is 0 Å². The first-order valence-corrected chi connectivity index (χ1v) is 11.9. The van der Waals surface area contributed by atoms with E-state index in [1.54, 1.807) is 13.0 Å². The third kappa shape index (κ3) is 4.46. The number of carbonyl (C=O) groups excluding carboxylic acids is 1. The summed E-state index contributed by atoms with van der Waals surface area (Å²) >= 11 is 0. The Bertz CT molecular complexity index is 1320. The molecule has 3 aromatic rings. The Morgan fingerprint density at radius 2 is 1.81 bits per heavy atom. The van der Waals surface area contributed by atoms with Crippen LogP contribution in [0.15, 0.2) is 50.5 Å². The van der Waals surface area contributed by atoms with Crippen LogP contribution in [-0.4, -0.2) is 36.3 Å². The van der Waals surface area contributed by atoms with Gasteiger partial charge in [-0.25, -0.2) is 17.6 Å². The van der Waals surface area contributed by atoms with E-state index in [-0.39, 0.29) is 22.7 Å². The molecule has 0 saturated carbocycles. The Kier molecular flexibility index (Phi) is 6.16. The SMILES string of the molecule is Cc1ccc(NC(=O)Cn2c(=O)oc3cc(S(=O)(=O)N4CCCCCC4)ccc32)cc1F. The van der Waals surface area contributed by atoms with Crippen LogP contribution in [0.1, 0.15) is 31.2 Å². The highest BCUT2D eigenvalue weighted by atomic mass is 32.2. The number of fused-ring (bicyclic) bond motifs is 1. The van der Waals surface area contributed by atoms with Crippen molar-refractivity contribution in [2.75, 3.05) is 18.4 Å². The number of hydrogen-bond donors (Lipinski definition) is 1. The van der Waals surface area contributed by atoms with Crippen LogP contribution in [0.25, 0.3) is 11.1 Å². The quantitative estimate of drug-likeness (QED) is 0.629. The van der Waals surface area contributed by atoms with Gasteiger partial charge in [0.2, 0.25) is 15.9 Å². The van der Waals surface area contributed by atoms with Crippen molar-refractivity contribution in [1.82, 2.24) is 8.87 Å². The number of nitrogens with zero attached hydrogens (tertiary/aromatic N) is 2. The molecule has 0 aliphatic carbocycles. The molecule has 32 heavy (non-hydrogen) atoms. The zero-order chi connectivity index (χ0) is 22.9. The predicted molar refractivity (Wildman–Crippen MR) is 117 cm³/mol. The number of oxazole rings is 1. The number of benzene rings is 2. The number of sulfonamides is 1. The number of rotatable bonds is 5. The summed E-state index contributed by atoms with van der Waals surface area (Å²) in [6.07, 6.45) is 3.63. The van der Waals surface area contributed by atoms with Crippen molar-refractivity contribution in [3.8, 4) is 0 Å². The van der Waals surface area contributed by atoms with Crippen LogP contribution < -0.4 is 11.1 Å². The average Bonchev–Trinajstić information content (AvgIpc) is 2.92. The molecule has 0 radical (unpaired) electrons. The van der Waals surface area contributed by atoms with Gasteiger partial charge < -0.3 is 9.73 Å². The second-order valence-electron chi connectivity index (χ2n) is 7.91.